The van der Waals surface area contributed by atoms with E-state index in [0.29, 0.717) is 11.3 Å². The summed E-state index contributed by atoms with van der Waals surface area (Å²) in [7, 11) is 0. The zero-order chi connectivity index (χ0) is 19.0. The van der Waals surface area contributed by atoms with Crippen molar-refractivity contribution in [3.8, 4) is 0 Å². The predicted octanol–water partition coefficient (Wildman–Crippen LogP) is -4.50. The van der Waals surface area contributed by atoms with Gasteiger partial charge in [0.1, 0.15) is 17.1 Å². The Hall–Kier alpha value is -1.22. The predicted molar refractivity (Wildman–Crippen MR) is 92.1 cm³/mol. The average molecular weight is 434 g/mol. The molecule has 0 radical (unpaired) electrons. The molecule has 1 saturated heterocycles. The van der Waals surface area contributed by atoms with Crippen LogP contribution < -0.4 is 67.5 Å². The molecular weight excluding hydrogens is 421 g/mol. The minimum Gasteiger partial charge on any atom is -0.543 e. The fourth-order valence-corrected chi connectivity index (χ4v) is 4.50. The van der Waals surface area contributed by atoms with Crippen LogP contribution in [-0.2, 0) is 14.4 Å². The number of hydrogen-bond donors (Lipinski definition) is 3. The van der Waals surface area contributed by atoms with Crippen molar-refractivity contribution in [3.05, 3.63) is 35.0 Å². The number of fused-ring (bicyclic) bond motifs is 1. The van der Waals surface area contributed by atoms with Gasteiger partial charge in [-0.25, -0.2) is 4.98 Å². The molecule has 1 fully saturated rings. The Morgan fingerprint density at radius 3 is 2.78 bits per heavy atom. The van der Waals surface area contributed by atoms with Crippen LogP contribution >= 0.6 is 23.1 Å². The first kappa shape index (κ1) is 22.1. The first-order chi connectivity index (χ1) is 12.4. The molecule has 3 rings (SSSR count). The summed E-state index contributed by atoms with van der Waals surface area (Å²) in [6, 6.07) is -0.971. The van der Waals surface area contributed by atoms with E-state index in [9.17, 15) is 19.5 Å². The van der Waals surface area contributed by atoms with Crippen molar-refractivity contribution in [1.29, 1.82) is 0 Å². The molecule has 1 aromatic rings. The van der Waals surface area contributed by atoms with Gasteiger partial charge in [-0.1, -0.05) is 17.8 Å². The monoisotopic (exact) mass is 433 g/mol. The van der Waals surface area contributed by atoms with Crippen LogP contribution in [0.5, 0.6) is 0 Å². The van der Waals surface area contributed by atoms with Gasteiger partial charge < -0.3 is 26.2 Å². The van der Waals surface area contributed by atoms with Crippen LogP contribution in [0.2, 0.25) is 0 Å². The second-order valence-electron chi connectivity index (χ2n) is 5.25. The maximum Gasteiger partial charge on any atom is 1.00 e. The molecule has 0 aromatic carbocycles. The van der Waals surface area contributed by atoms with Crippen LogP contribution in [0.1, 0.15) is 5.69 Å². The summed E-state index contributed by atoms with van der Waals surface area (Å²) >= 11 is 2.33. The normalized spacial score (nSPS) is 21.7. The minimum absolute atomic E-state index is 0. The van der Waals surface area contributed by atoms with Crippen LogP contribution in [0.4, 0.5) is 5.13 Å². The van der Waals surface area contributed by atoms with E-state index in [1.807, 2.05) is 0 Å². The Morgan fingerprint density at radius 1 is 1.56 bits per heavy atom. The van der Waals surface area contributed by atoms with Gasteiger partial charge >= 0.3 is 51.4 Å². The number of nitrogens with two attached hydrogens (primary N) is 1. The van der Waals surface area contributed by atoms with E-state index in [2.05, 4.69) is 22.0 Å². The Balaban J connectivity index is 0.00000261. The van der Waals surface area contributed by atoms with Gasteiger partial charge in [0.2, 0.25) is 0 Å². The van der Waals surface area contributed by atoms with Crippen LogP contribution in [-0.4, -0.2) is 55.8 Å². The standard InChI is InChI=1S/C14H13N5O5S2.K/c1-2-5-3-25-12-8(11(21)19(12)9(5)13(22)23)17-10(20)7(18-24)6-4-26-14(15)16-6;/h2,4,8,12,24H,1,3H2,(H2,15,16)(H,17,20)(H,22,23);/q;+1/p-1/t8?,12-;/m0./s1. The second-order valence-corrected chi connectivity index (χ2v) is 7.24. The van der Waals surface area contributed by atoms with E-state index in [4.69, 9.17) is 10.9 Å². The molecule has 0 bridgehead atoms. The fraction of sp³-hybridized carbons (Fsp3) is 0.214. The molecule has 0 spiro atoms. The van der Waals surface area contributed by atoms with Gasteiger partial charge in [0.25, 0.3) is 11.8 Å². The maximum absolute atomic E-state index is 12.4. The molecule has 10 nitrogen and oxygen atoms in total. The molecule has 2 amide bonds. The summed E-state index contributed by atoms with van der Waals surface area (Å²) in [6.45, 7) is 3.53. The van der Waals surface area contributed by atoms with Crippen molar-refractivity contribution in [3.63, 3.8) is 0 Å². The van der Waals surface area contributed by atoms with Crippen molar-refractivity contribution in [2.24, 2.45) is 5.16 Å². The number of hydrogen-bond acceptors (Lipinski definition) is 10. The number of oxime groups is 1. The van der Waals surface area contributed by atoms with Gasteiger partial charge in [0.15, 0.2) is 10.8 Å². The number of carbonyl (C=O) groups excluding carboxylic acids is 3. The van der Waals surface area contributed by atoms with Crippen molar-refractivity contribution in [2.75, 3.05) is 11.5 Å². The molecule has 1 unspecified atom stereocenters. The first-order valence-electron chi connectivity index (χ1n) is 7.15. The Kier molecular flexibility index (Phi) is 7.24. The Labute approximate surface area is 204 Å². The Bertz CT molecular complexity index is 883. The molecule has 1 aromatic heterocycles. The minimum atomic E-state index is -1.49. The van der Waals surface area contributed by atoms with Crippen LogP contribution in [0.25, 0.3) is 0 Å². The van der Waals surface area contributed by atoms with Gasteiger partial charge in [-0.15, -0.1) is 23.1 Å². The number of rotatable bonds is 5. The second kappa shape index (κ2) is 8.85. The van der Waals surface area contributed by atoms with Gasteiger partial charge in [-0.05, 0) is 5.57 Å². The van der Waals surface area contributed by atoms with E-state index < -0.39 is 34.9 Å². The number of carboxylic acid groups (broad SMARTS) is 1. The molecule has 2 aliphatic rings. The largest absolute Gasteiger partial charge is 1.00 e. The molecular formula is C14H12KN5O5S2. The number of aliphatic carboxylic acids is 1. The van der Waals surface area contributed by atoms with Crippen molar-refractivity contribution < 1.29 is 76.1 Å². The van der Waals surface area contributed by atoms with Crippen molar-refractivity contribution in [1.82, 2.24) is 15.2 Å². The first-order valence-corrected chi connectivity index (χ1v) is 9.07. The summed E-state index contributed by atoms with van der Waals surface area (Å²) in [5.74, 6) is -2.62. The Morgan fingerprint density at radius 2 is 2.26 bits per heavy atom. The average Bonchev–Trinajstić information content (AvgIpc) is 3.04. The fourth-order valence-electron chi connectivity index (χ4n) is 2.61. The number of amides is 2. The van der Waals surface area contributed by atoms with Crippen molar-refractivity contribution >= 4 is 51.7 Å². The van der Waals surface area contributed by atoms with E-state index in [0.717, 1.165) is 16.2 Å². The molecule has 0 aliphatic carbocycles. The molecule has 3 heterocycles. The molecule has 2 atom stereocenters. The van der Waals surface area contributed by atoms with Gasteiger partial charge in [0.05, 0.1) is 11.7 Å². The molecule has 136 valence electrons. The smallest absolute Gasteiger partial charge is 0.543 e. The number of nitrogen functional groups attached to an aromatic ring is 1. The third-order valence-corrected chi connectivity index (χ3v) is 5.78. The number of nitrogens with zero attached hydrogens (tertiary/aromatic N) is 3. The zero-order valence-electron chi connectivity index (χ0n) is 14.0. The number of carboxylic acids is 1. The molecule has 2 aliphatic heterocycles. The maximum atomic E-state index is 12.4. The molecule has 0 saturated carbocycles. The number of nitrogens with one attached hydrogen (secondary N) is 1. The topological polar surface area (TPSA) is 161 Å². The van der Waals surface area contributed by atoms with Crippen LogP contribution in [0, 0.1) is 0 Å². The molecule has 27 heavy (non-hydrogen) atoms. The van der Waals surface area contributed by atoms with E-state index in [1.165, 1.54) is 23.2 Å². The number of anilines is 1. The van der Waals surface area contributed by atoms with Gasteiger partial charge in [-0.2, -0.15) is 0 Å². The van der Waals surface area contributed by atoms with E-state index in [-0.39, 0.29) is 67.9 Å². The number of aromatic nitrogens is 1. The van der Waals surface area contributed by atoms with Crippen LogP contribution in [0.15, 0.2) is 34.5 Å². The summed E-state index contributed by atoms with van der Waals surface area (Å²) < 4.78 is 0. The van der Waals surface area contributed by atoms with Gasteiger partial charge in [0, 0.05) is 11.1 Å². The quantitative estimate of drug-likeness (QED) is 0.138. The summed E-state index contributed by atoms with van der Waals surface area (Å²) in [5, 5.41) is 26.8. The van der Waals surface area contributed by atoms with E-state index in [1.54, 1.807) is 0 Å². The molecule has 13 heteroatoms. The zero-order valence-corrected chi connectivity index (χ0v) is 18.8. The number of carbonyl (C=O) groups is 3. The molecule has 4 N–H and O–H groups in total. The van der Waals surface area contributed by atoms with Gasteiger partial charge in [-0.3, -0.25) is 14.5 Å². The summed E-state index contributed by atoms with van der Waals surface area (Å²) in [5.41, 5.74) is 5.29. The SMILES string of the molecule is C=CC1=C(C(=O)[O-])N2C(=O)C(NC(=O)C(=NO)c3csc(N)n3)[C@@H]2SC1.[K+]. The third kappa shape index (κ3) is 3.99. The summed E-state index contributed by atoms with van der Waals surface area (Å²) in [6.07, 6.45) is 1.36. The third-order valence-electron chi connectivity index (χ3n) is 3.80. The van der Waals surface area contributed by atoms with Crippen molar-refractivity contribution in [2.45, 2.75) is 11.4 Å². The number of β-lactam (4-membered cyclic amide) rings is 1. The summed E-state index contributed by atoms with van der Waals surface area (Å²) in [4.78, 5) is 40.9. The number of thioether (sulfide) groups is 1. The van der Waals surface area contributed by atoms with E-state index >= 15 is 0 Å². The number of thiazole rings is 1. The number of allylic oxidation sites excluding steroid dienone is 1. The van der Waals surface area contributed by atoms with Crippen LogP contribution in [0.3, 0.4) is 0 Å².